The number of thioether (sulfide) groups is 1. The van der Waals surface area contributed by atoms with Crippen molar-refractivity contribution in [2.75, 3.05) is 13.3 Å². The maximum absolute atomic E-state index is 12.6. The summed E-state index contributed by atoms with van der Waals surface area (Å²) in [6, 6.07) is 11.9. The number of benzene rings is 2. The lowest BCUT2D eigenvalue weighted by atomic mass is 10.2. The minimum Gasteiger partial charge on any atom is -0.319 e. The Morgan fingerprint density at radius 2 is 1.83 bits per heavy atom. The second-order valence-electron chi connectivity index (χ2n) is 6.83. The summed E-state index contributed by atoms with van der Waals surface area (Å²) >= 11 is 3.11. The standard InChI is InChI=1S/C20H23N3O3S3/c1-13(2)23(4)29(25,26)16-9-6-14(7-10-16)19(24)21-20-22(3)17-11-8-15(27-5)12-18(17)28-20/h6-13H,1-5H3. The predicted molar refractivity (Wildman–Crippen MR) is 119 cm³/mol. The Balaban J connectivity index is 1.94. The van der Waals surface area contributed by atoms with Crippen LogP contribution in [0.5, 0.6) is 0 Å². The summed E-state index contributed by atoms with van der Waals surface area (Å²) in [6.45, 7) is 3.61. The molecule has 0 atom stereocenters. The molecule has 0 unspecified atom stereocenters. The van der Waals surface area contributed by atoms with E-state index in [0.717, 1.165) is 15.1 Å². The van der Waals surface area contributed by atoms with Crippen LogP contribution in [0.4, 0.5) is 0 Å². The van der Waals surface area contributed by atoms with Gasteiger partial charge in [0.05, 0.1) is 15.1 Å². The number of thiazole rings is 1. The van der Waals surface area contributed by atoms with E-state index in [4.69, 9.17) is 0 Å². The van der Waals surface area contributed by atoms with Crippen LogP contribution in [0.15, 0.2) is 57.2 Å². The largest absolute Gasteiger partial charge is 0.319 e. The molecule has 0 bridgehead atoms. The van der Waals surface area contributed by atoms with E-state index < -0.39 is 15.9 Å². The molecule has 3 rings (SSSR count). The second-order valence-corrected chi connectivity index (χ2v) is 10.7. The normalized spacial score (nSPS) is 13.0. The third-order valence-electron chi connectivity index (χ3n) is 4.72. The average Bonchev–Trinajstić information content (AvgIpc) is 3.01. The summed E-state index contributed by atoms with van der Waals surface area (Å²) in [4.78, 5) is 18.8. The molecule has 0 aliphatic carbocycles. The molecule has 154 valence electrons. The van der Waals surface area contributed by atoms with Gasteiger partial charge in [0.15, 0.2) is 4.80 Å². The number of carbonyl (C=O) groups is 1. The Labute approximate surface area is 178 Å². The zero-order chi connectivity index (χ0) is 21.3. The molecule has 1 aromatic heterocycles. The minimum absolute atomic E-state index is 0.155. The predicted octanol–water partition coefficient (Wildman–Crippen LogP) is 3.73. The maximum Gasteiger partial charge on any atom is 0.279 e. The molecular formula is C20H23N3O3S3. The van der Waals surface area contributed by atoms with E-state index in [2.05, 4.69) is 11.1 Å². The smallest absolute Gasteiger partial charge is 0.279 e. The molecular weight excluding hydrogens is 426 g/mol. The van der Waals surface area contributed by atoms with Gasteiger partial charge in [-0.05, 0) is 62.6 Å². The summed E-state index contributed by atoms with van der Waals surface area (Å²) in [5, 5.41) is 0. The summed E-state index contributed by atoms with van der Waals surface area (Å²) in [6.07, 6.45) is 2.02. The highest BCUT2D eigenvalue weighted by atomic mass is 32.2. The molecule has 0 N–H and O–H groups in total. The molecule has 1 heterocycles. The molecule has 9 heteroatoms. The first-order valence-electron chi connectivity index (χ1n) is 8.96. The number of hydrogen-bond donors (Lipinski definition) is 0. The highest BCUT2D eigenvalue weighted by molar-refractivity contribution is 7.98. The number of aromatic nitrogens is 1. The molecule has 0 spiro atoms. The first-order chi connectivity index (χ1) is 13.6. The Kier molecular flexibility index (Phi) is 6.33. The van der Waals surface area contributed by atoms with E-state index in [1.165, 1.54) is 47.0 Å². The van der Waals surface area contributed by atoms with Gasteiger partial charge in [-0.2, -0.15) is 9.30 Å². The zero-order valence-electron chi connectivity index (χ0n) is 16.9. The van der Waals surface area contributed by atoms with Crippen molar-refractivity contribution in [2.24, 2.45) is 12.0 Å². The second kappa shape index (κ2) is 8.43. The summed E-state index contributed by atoms with van der Waals surface area (Å²) < 4.78 is 29.4. The lowest BCUT2D eigenvalue weighted by Gasteiger charge is -2.20. The van der Waals surface area contributed by atoms with Crippen LogP contribution < -0.4 is 4.80 Å². The SMILES string of the molecule is CSc1ccc2c(c1)sc(=NC(=O)c1ccc(S(=O)(=O)N(C)C(C)C)cc1)n2C. The number of sulfonamides is 1. The molecule has 2 aromatic carbocycles. The molecule has 0 radical (unpaired) electrons. The lowest BCUT2D eigenvalue weighted by Crippen LogP contribution is -2.33. The Bertz CT molecular complexity index is 1220. The van der Waals surface area contributed by atoms with Crippen molar-refractivity contribution in [2.45, 2.75) is 29.7 Å². The van der Waals surface area contributed by atoms with Gasteiger partial charge in [-0.15, -0.1) is 11.8 Å². The van der Waals surface area contributed by atoms with Gasteiger partial charge in [-0.3, -0.25) is 4.79 Å². The van der Waals surface area contributed by atoms with Crippen molar-refractivity contribution in [1.29, 1.82) is 0 Å². The molecule has 6 nitrogen and oxygen atoms in total. The van der Waals surface area contributed by atoms with Crippen LogP contribution in [0.3, 0.4) is 0 Å². The van der Waals surface area contributed by atoms with Gasteiger partial charge in [0.1, 0.15) is 0 Å². The van der Waals surface area contributed by atoms with Crippen LogP contribution in [-0.4, -0.2) is 42.5 Å². The van der Waals surface area contributed by atoms with Gasteiger partial charge >= 0.3 is 0 Å². The first-order valence-corrected chi connectivity index (χ1v) is 12.4. The van der Waals surface area contributed by atoms with Gasteiger partial charge in [0.25, 0.3) is 5.91 Å². The lowest BCUT2D eigenvalue weighted by molar-refractivity contribution is 0.0998. The van der Waals surface area contributed by atoms with Gasteiger partial charge in [-0.25, -0.2) is 8.42 Å². The fourth-order valence-corrected chi connectivity index (χ4v) is 5.65. The van der Waals surface area contributed by atoms with Gasteiger partial charge in [-0.1, -0.05) is 11.3 Å². The third-order valence-corrected chi connectivity index (χ3v) is 8.59. The Morgan fingerprint density at radius 3 is 2.41 bits per heavy atom. The van der Waals surface area contributed by atoms with Crippen molar-refractivity contribution >= 4 is 49.2 Å². The van der Waals surface area contributed by atoms with Crippen molar-refractivity contribution in [3.05, 3.63) is 52.8 Å². The van der Waals surface area contributed by atoms with E-state index in [1.807, 2.05) is 43.9 Å². The summed E-state index contributed by atoms with van der Waals surface area (Å²) in [5.74, 6) is -0.404. The monoisotopic (exact) mass is 449 g/mol. The fraction of sp³-hybridized carbons (Fsp3) is 0.300. The maximum atomic E-state index is 12.6. The quantitative estimate of drug-likeness (QED) is 0.557. The number of aryl methyl sites for hydroxylation is 1. The fourth-order valence-electron chi connectivity index (χ4n) is 2.71. The number of hydrogen-bond acceptors (Lipinski definition) is 5. The molecule has 0 aliphatic heterocycles. The average molecular weight is 450 g/mol. The molecule has 3 aromatic rings. The molecule has 29 heavy (non-hydrogen) atoms. The molecule has 0 fully saturated rings. The highest BCUT2D eigenvalue weighted by Crippen LogP contribution is 2.23. The topological polar surface area (TPSA) is 71.7 Å². The molecule has 0 saturated carbocycles. The van der Waals surface area contributed by atoms with Crippen LogP contribution in [0.2, 0.25) is 0 Å². The number of carbonyl (C=O) groups excluding carboxylic acids is 1. The van der Waals surface area contributed by atoms with E-state index in [-0.39, 0.29) is 10.9 Å². The van der Waals surface area contributed by atoms with E-state index in [9.17, 15) is 13.2 Å². The molecule has 0 saturated heterocycles. The van der Waals surface area contributed by atoms with Crippen molar-refractivity contribution < 1.29 is 13.2 Å². The third kappa shape index (κ3) is 4.32. The Hall–Kier alpha value is -1.94. The van der Waals surface area contributed by atoms with Crippen LogP contribution in [0, 0.1) is 0 Å². The number of amides is 1. The Morgan fingerprint density at radius 1 is 1.17 bits per heavy atom. The highest BCUT2D eigenvalue weighted by Gasteiger charge is 2.23. The minimum atomic E-state index is -3.58. The van der Waals surface area contributed by atoms with Crippen LogP contribution in [0.25, 0.3) is 10.2 Å². The van der Waals surface area contributed by atoms with E-state index in [1.54, 1.807) is 11.8 Å². The van der Waals surface area contributed by atoms with Crippen molar-refractivity contribution in [1.82, 2.24) is 8.87 Å². The van der Waals surface area contributed by atoms with Crippen LogP contribution in [0.1, 0.15) is 24.2 Å². The van der Waals surface area contributed by atoms with Crippen molar-refractivity contribution in [3.8, 4) is 0 Å². The summed E-state index contributed by atoms with van der Waals surface area (Å²) in [5.41, 5.74) is 1.36. The van der Waals surface area contributed by atoms with E-state index >= 15 is 0 Å². The van der Waals surface area contributed by atoms with Gasteiger partial charge in [0, 0.05) is 30.6 Å². The van der Waals surface area contributed by atoms with Crippen LogP contribution in [-0.2, 0) is 17.1 Å². The van der Waals surface area contributed by atoms with Gasteiger partial charge < -0.3 is 4.57 Å². The number of rotatable bonds is 5. The van der Waals surface area contributed by atoms with Crippen LogP contribution >= 0.6 is 23.1 Å². The zero-order valence-corrected chi connectivity index (χ0v) is 19.4. The molecule has 1 amide bonds. The first kappa shape index (κ1) is 21.8. The number of nitrogens with zero attached hydrogens (tertiary/aromatic N) is 3. The summed E-state index contributed by atoms with van der Waals surface area (Å²) in [7, 11) is -0.167. The van der Waals surface area contributed by atoms with Gasteiger partial charge in [0.2, 0.25) is 10.0 Å². The van der Waals surface area contributed by atoms with E-state index in [0.29, 0.717) is 10.4 Å². The van der Waals surface area contributed by atoms with Crippen molar-refractivity contribution in [3.63, 3.8) is 0 Å². The number of fused-ring (bicyclic) bond motifs is 1. The molecule has 0 aliphatic rings.